The summed E-state index contributed by atoms with van der Waals surface area (Å²) in [6.45, 7) is 3.75. The van der Waals surface area contributed by atoms with E-state index in [-0.39, 0.29) is 12.4 Å². The van der Waals surface area contributed by atoms with Crippen LogP contribution in [-0.2, 0) is 4.79 Å². The van der Waals surface area contributed by atoms with Gasteiger partial charge in [-0.15, -0.1) is 0 Å². The monoisotopic (exact) mass is 315 g/mol. The van der Waals surface area contributed by atoms with Crippen molar-refractivity contribution in [2.75, 3.05) is 17.2 Å². The number of benzene rings is 2. The lowest BCUT2D eigenvalue weighted by molar-refractivity contribution is -0.115. The molecule has 0 unspecified atom stereocenters. The predicted octanol–water partition coefficient (Wildman–Crippen LogP) is 3.20. The minimum Gasteiger partial charge on any atom is -0.329 e. The molecule has 3 amide bonds. The maximum absolute atomic E-state index is 12.8. The van der Waals surface area contributed by atoms with E-state index in [9.17, 15) is 14.0 Å². The second kappa shape index (κ2) is 7.40. The Morgan fingerprint density at radius 1 is 0.913 bits per heavy atom. The third kappa shape index (κ3) is 5.10. The van der Waals surface area contributed by atoms with Crippen LogP contribution in [0.2, 0.25) is 0 Å². The number of aryl methyl sites for hydroxylation is 2. The average molecular weight is 315 g/mol. The fraction of sp³-hybridized carbons (Fsp3) is 0.176. The van der Waals surface area contributed by atoms with Gasteiger partial charge in [-0.25, -0.2) is 9.18 Å². The third-order valence-corrected chi connectivity index (χ3v) is 3.30. The van der Waals surface area contributed by atoms with Gasteiger partial charge in [0.1, 0.15) is 5.82 Å². The van der Waals surface area contributed by atoms with E-state index in [1.807, 2.05) is 26.0 Å². The quantitative estimate of drug-likeness (QED) is 0.811. The van der Waals surface area contributed by atoms with Crippen molar-refractivity contribution in [1.82, 2.24) is 5.32 Å². The van der Waals surface area contributed by atoms with E-state index in [2.05, 4.69) is 16.0 Å². The van der Waals surface area contributed by atoms with Crippen molar-refractivity contribution in [3.63, 3.8) is 0 Å². The molecule has 0 atom stereocenters. The fourth-order valence-electron chi connectivity index (χ4n) is 1.89. The van der Waals surface area contributed by atoms with Crippen molar-refractivity contribution >= 4 is 23.3 Å². The first-order valence-corrected chi connectivity index (χ1v) is 7.11. The van der Waals surface area contributed by atoms with Gasteiger partial charge in [0.05, 0.1) is 6.54 Å². The molecule has 0 aliphatic rings. The molecule has 2 rings (SSSR count). The zero-order valence-electron chi connectivity index (χ0n) is 12.9. The fourth-order valence-corrected chi connectivity index (χ4v) is 1.89. The van der Waals surface area contributed by atoms with Gasteiger partial charge >= 0.3 is 6.03 Å². The Morgan fingerprint density at radius 2 is 1.57 bits per heavy atom. The largest absolute Gasteiger partial charge is 0.329 e. The van der Waals surface area contributed by atoms with Gasteiger partial charge in [-0.05, 0) is 61.4 Å². The van der Waals surface area contributed by atoms with E-state index >= 15 is 0 Å². The first-order valence-electron chi connectivity index (χ1n) is 7.11. The molecule has 0 saturated carbocycles. The van der Waals surface area contributed by atoms with Crippen LogP contribution >= 0.6 is 0 Å². The minimum atomic E-state index is -0.470. The number of amides is 3. The highest BCUT2D eigenvalue weighted by molar-refractivity contribution is 5.96. The van der Waals surface area contributed by atoms with Crippen molar-refractivity contribution in [3.8, 4) is 0 Å². The van der Waals surface area contributed by atoms with Crippen LogP contribution in [0.1, 0.15) is 11.1 Å². The van der Waals surface area contributed by atoms with Crippen LogP contribution in [0.5, 0.6) is 0 Å². The van der Waals surface area contributed by atoms with Crippen LogP contribution in [0.3, 0.4) is 0 Å². The molecule has 2 aromatic carbocycles. The van der Waals surface area contributed by atoms with Crippen LogP contribution in [0.15, 0.2) is 42.5 Å². The lowest BCUT2D eigenvalue weighted by Gasteiger charge is -2.09. The molecular weight excluding hydrogens is 297 g/mol. The summed E-state index contributed by atoms with van der Waals surface area (Å²) in [5.41, 5.74) is 3.32. The molecule has 0 bridgehead atoms. The number of nitrogens with one attached hydrogen (secondary N) is 3. The Balaban J connectivity index is 1.80. The van der Waals surface area contributed by atoms with Gasteiger partial charge in [0, 0.05) is 11.4 Å². The number of carbonyl (C=O) groups excluding carboxylic acids is 2. The third-order valence-electron chi connectivity index (χ3n) is 3.30. The van der Waals surface area contributed by atoms with E-state index in [0.717, 1.165) is 11.1 Å². The summed E-state index contributed by atoms with van der Waals surface area (Å²) in [7, 11) is 0. The normalized spacial score (nSPS) is 10.0. The van der Waals surface area contributed by atoms with E-state index in [1.165, 1.54) is 24.3 Å². The van der Waals surface area contributed by atoms with Gasteiger partial charge in [0.15, 0.2) is 0 Å². The summed E-state index contributed by atoms with van der Waals surface area (Å²) in [5.74, 6) is -0.777. The standard InChI is InChI=1S/C17H18FN3O2/c1-11-3-6-15(9-12(11)2)21-17(23)19-10-16(22)20-14-7-4-13(18)5-8-14/h3-9H,10H2,1-2H3,(H,20,22)(H2,19,21,23). The second-order valence-corrected chi connectivity index (χ2v) is 5.16. The topological polar surface area (TPSA) is 70.2 Å². The number of hydrogen-bond acceptors (Lipinski definition) is 2. The van der Waals surface area contributed by atoms with Gasteiger partial charge in [-0.3, -0.25) is 4.79 Å². The molecular formula is C17H18FN3O2. The zero-order valence-corrected chi connectivity index (χ0v) is 12.9. The van der Waals surface area contributed by atoms with E-state index in [1.54, 1.807) is 6.07 Å². The molecule has 5 nitrogen and oxygen atoms in total. The summed E-state index contributed by atoms with van der Waals surface area (Å²) in [6, 6.07) is 10.5. The van der Waals surface area contributed by atoms with E-state index < -0.39 is 11.9 Å². The first kappa shape index (κ1) is 16.5. The van der Waals surface area contributed by atoms with E-state index in [0.29, 0.717) is 11.4 Å². The number of halogens is 1. The Kier molecular flexibility index (Phi) is 5.30. The number of carbonyl (C=O) groups is 2. The molecule has 120 valence electrons. The Morgan fingerprint density at radius 3 is 2.22 bits per heavy atom. The van der Waals surface area contributed by atoms with Gasteiger partial charge in [-0.2, -0.15) is 0 Å². The highest BCUT2D eigenvalue weighted by atomic mass is 19.1. The number of anilines is 2. The summed E-state index contributed by atoms with van der Waals surface area (Å²) in [6.07, 6.45) is 0. The number of urea groups is 1. The maximum atomic E-state index is 12.8. The van der Waals surface area contributed by atoms with Crippen LogP contribution in [0, 0.1) is 19.7 Å². The lowest BCUT2D eigenvalue weighted by Crippen LogP contribution is -2.35. The summed E-state index contributed by atoms with van der Waals surface area (Å²) in [5, 5.41) is 7.67. The molecule has 3 N–H and O–H groups in total. The summed E-state index contributed by atoms with van der Waals surface area (Å²) < 4.78 is 12.8. The van der Waals surface area contributed by atoms with Crippen molar-refractivity contribution in [1.29, 1.82) is 0 Å². The zero-order chi connectivity index (χ0) is 16.8. The van der Waals surface area contributed by atoms with Gasteiger partial charge < -0.3 is 16.0 Å². The second-order valence-electron chi connectivity index (χ2n) is 5.16. The molecule has 0 radical (unpaired) electrons. The molecule has 0 aliphatic heterocycles. The van der Waals surface area contributed by atoms with Crippen molar-refractivity contribution < 1.29 is 14.0 Å². The molecule has 0 fully saturated rings. The highest BCUT2D eigenvalue weighted by Crippen LogP contribution is 2.13. The van der Waals surface area contributed by atoms with Gasteiger partial charge in [-0.1, -0.05) is 6.07 Å². The maximum Gasteiger partial charge on any atom is 0.319 e. The van der Waals surface area contributed by atoms with Crippen LogP contribution in [0.25, 0.3) is 0 Å². The number of rotatable bonds is 4. The molecule has 23 heavy (non-hydrogen) atoms. The molecule has 0 aromatic heterocycles. The van der Waals surface area contributed by atoms with Crippen molar-refractivity contribution in [3.05, 3.63) is 59.4 Å². The Hall–Kier alpha value is -2.89. The van der Waals surface area contributed by atoms with E-state index in [4.69, 9.17) is 0 Å². The molecule has 0 saturated heterocycles. The molecule has 0 aliphatic carbocycles. The Bertz CT molecular complexity index is 714. The van der Waals surface area contributed by atoms with Crippen LogP contribution in [-0.4, -0.2) is 18.5 Å². The molecule has 0 spiro atoms. The summed E-state index contributed by atoms with van der Waals surface area (Å²) >= 11 is 0. The SMILES string of the molecule is Cc1ccc(NC(=O)NCC(=O)Nc2ccc(F)cc2)cc1C. The van der Waals surface area contributed by atoms with Crippen LogP contribution in [0.4, 0.5) is 20.6 Å². The van der Waals surface area contributed by atoms with Crippen molar-refractivity contribution in [2.45, 2.75) is 13.8 Å². The molecule has 0 heterocycles. The minimum absolute atomic E-state index is 0.186. The van der Waals surface area contributed by atoms with Gasteiger partial charge in [0.2, 0.25) is 5.91 Å². The first-order chi connectivity index (χ1) is 10.9. The van der Waals surface area contributed by atoms with Crippen molar-refractivity contribution in [2.24, 2.45) is 0 Å². The smallest absolute Gasteiger partial charge is 0.319 e. The number of hydrogen-bond donors (Lipinski definition) is 3. The Labute approximate surface area is 133 Å². The van der Waals surface area contributed by atoms with Gasteiger partial charge in [0.25, 0.3) is 0 Å². The molecule has 6 heteroatoms. The summed E-state index contributed by atoms with van der Waals surface area (Å²) in [4.78, 5) is 23.5. The molecule has 2 aromatic rings. The average Bonchev–Trinajstić information content (AvgIpc) is 2.51. The lowest BCUT2D eigenvalue weighted by atomic mass is 10.1. The highest BCUT2D eigenvalue weighted by Gasteiger charge is 2.07. The van der Waals surface area contributed by atoms with Crippen LogP contribution < -0.4 is 16.0 Å². The predicted molar refractivity (Wildman–Crippen MR) is 88.0 cm³/mol.